The van der Waals surface area contributed by atoms with Crippen LogP contribution >= 0.6 is 11.3 Å². The Kier molecular flexibility index (Phi) is 7.16. The van der Waals surface area contributed by atoms with Crippen molar-refractivity contribution in [3.8, 4) is 5.75 Å². The second-order valence-electron chi connectivity index (χ2n) is 7.09. The Morgan fingerprint density at radius 1 is 1.28 bits per heavy atom. The van der Waals surface area contributed by atoms with Gasteiger partial charge in [-0.05, 0) is 31.0 Å². The maximum Gasteiger partial charge on any atom is 0.231 e. The highest BCUT2D eigenvalue weighted by Gasteiger charge is 2.36. The number of carbonyl (C=O) groups excluding carboxylic acids is 2. The number of hydrogen-bond donors (Lipinski definition) is 1. The topological polar surface area (TPSA) is 93.7 Å². The van der Waals surface area contributed by atoms with E-state index in [1.54, 1.807) is 19.1 Å². The van der Waals surface area contributed by atoms with Gasteiger partial charge in [-0.2, -0.15) is 0 Å². The van der Waals surface area contributed by atoms with Gasteiger partial charge in [-0.15, -0.1) is 10.2 Å². The van der Waals surface area contributed by atoms with Crippen molar-refractivity contribution in [3.63, 3.8) is 0 Å². The summed E-state index contributed by atoms with van der Waals surface area (Å²) in [4.78, 5) is 26.4. The van der Waals surface area contributed by atoms with E-state index in [1.807, 2.05) is 31.2 Å². The van der Waals surface area contributed by atoms with E-state index in [4.69, 9.17) is 9.47 Å². The molecule has 8 nitrogen and oxygen atoms in total. The number of hydrogen-bond acceptors (Lipinski definition) is 7. The third kappa shape index (κ3) is 5.51. The molecule has 0 unspecified atom stereocenters. The number of nitrogens with zero attached hydrogens (tertiary/aromatic N) is 3. The summed E-state index contributed by atoms with van der Waals surface area (Å²) in [5.74, 6) is 0.235. The Morgan fingerprint density at radius 3 is 2.72 bits per heavy atom. The fourth-order valence-electron chi connectivity index (χ4n) is 3.32. The van der Waals surface area contributed by atoms with Crippen LogP contribution in [-0.4, -0.2) is 60.3 Å². The lowest BCUT2D eigenvalue weighted by Gasteiger charge is -2.23. The molecule has 1 aliphatic rings. The van der Waals surface area contributed by atoms with Crippen LogP contribution < -0.4 is 10.1 Å². The molecular formula is C20H26N4O4S. The van der Waals surface area contributed by atoms with E-state index in [2.05, 4.69) is 15.5 Å². The first-order chi connectivity index (χ1) is 14.0. The van der Waals surface area contributed by atoms with E-state index in [0.29, 0.717) is 18.3 Å². The number of rotatable bonds is 9. The van der Waals surface area contributed by atoms with Gasteiger partial charge in [0.05, 0.1) is 25.7 Å². The highest BCUT2D eigenvalue weighted by atomic mass is 32.1. The zero-order valence-corrected chi connectivity index (χ0v) is 17.7. The lowest BCUT2D eigenvalue weighted by atomic mass is 10.1. The molecule has 1 fully saturated rings. The number of likely N-dealkylation sites (tertiary alicyclic amines) is 1. The van der Waals surface area contributed by atoms with Gasteiger partial charge in [0, 0.05) is 26.5 Å². The molecule has 3 rings (SSSR count). The van der Waals surface area contributed by atoms with Gasteiger partial charge >= 0.3 is 0 Å². The summed E-state index contributed by atoms with van der Waals surface area (Å²) in [7, 11) is 3.24. The Labute approximate surface area is 174 Å². The number of methoxy groups -OCH3 is 2. The van der Waals surface area contributed by atoms with Crippen LogP contribution in [0.3, 0.4) is 0 Å². The number of carbonyl (C=O) groups is 2. The summed E-state index contributed by atoms with van der Waals surface area (Å²) in [6, 6.07) is 7.87. The number of ether oxygens (including phenoxy) is 2. The molecule has 156 valence electrons. The first-order valence-corrected chi connectivity index (χ1v) is 10.4. The standard InChI is InChI=1S/C20H26N4O4S/c1-13(12-27-2)24-11-15(10-18(24)25)19(26)21-20-23-22-17(29-20)9-6-14-4-7-16(28-3)8-5-14/h4-5,7-8,13,15H,6,9-12H2,1-3H3,(H,21,23,26)/t13-,15-/m1/s1. The van der Waals surface area contributed by atoms with E-state index in [1.165, 1.54) is 16.9 Å². The van der Waals surface area contributed by atoms with Gasteiger partial charge in [-0.25, -0.2) is 0 Å². The van der Waals surface area contributed by atoms with E-state index in [-0.39, 0.29) is 30.2 Å². The Morgan fingerprint density at radius 2 is 2.03 bits per heavy atom. The van der Waals surface area contributed by atoms with Gasteiger partial charge in [-0.3, -0.25) is 9.59 Å². The van der Waals surface area contributed by atoms with Crippen molar-refractivity contribution in [2.75, 3.05) is 32.7 Å². The van der Waals surface area contributed by atoms with Gasteiger partial charge in [0.25, 0.3) is 0 Å². The molecule has 29 heavy (non-hydrogen) atoms. The quantitative estimate of drug-likeness (QED) is 0.671. The van der Waals surface area contributed by atoms with Crippen molar-refractivity contribution in [3.05, 3.63) is 34.8 Å². The minimum atomic E-state index is -0.381. The normalized spacial score (nSPS) is 17.4. The van der Waals surface area contributed by atoms with E-state index < -0.39 is 0 Å². The number of benzene rings is 1. The summed E-state index contributed by atoms with van der Waals surface area (Å²) in [5.41, 5.74) is 1.18. The van der Waals surface area contributed by atoms with Crippen LogP contribution in [0.5, 0.6) is 5.75 Å². The molecular weight excluding hydrogens is 392 g/mol. The second kappa shape index (κ2) is 9.80. The minimum Gasteiger partial charge on any atom is -0.497 e. The van der Waals surface area contributed by atoms with Crippen LogP contribution in [0.4, 0.5) is 5.13 Å². The van der Waals surface area contributed by atoms with Gasteiger partial charge in [-0.1, -0.05) is 23.5 Å². The summed E-state index contributed by atoms with van der Waals surface area (Å²) in [6.07, 6.45) is 1.78. The predicted octanol–water partition coefficient (Wildman–Crippen LogP) is 2.15. The highest BCUT2D eigenvalue weighted by Crippen LogP contribution is 2.24. The second-order valence-corrected chi connectivity index (χ2v) is 8.15. The zero-order chi connectivity index (χ0) is 20.8. The van der Waals surface area contributed by atoms with Crippen LogP contribution in [0, 0.1) is 5.92 Å². The van der Waals surface area contributed by atoms with Gasteiger partial charge in [0.15, 0.2) is 0 Å². The highest BCUT2D eigenvalue weighted by molar-refractivity contribution is 7.15. The number of anilines is 1. The van der Waals surface area contributed by atoms with Crippen molar-refractivity contribution in [2.24, 2.45) is 5.92 Å². The predicted molar refractivity (Wildman–Crippen MR) is 110 cm³/mol. The molecule has 1 aromatic heterocycles. The van der Waals surface area contributed by atoms with E-state index in [9.17, 15) is 9.59 Å². The molecule has 9 heteroatoms. The molecule has 0 aliphatic carbocycles. The van der Waals surface area contributed by atoms with Gasteiger partial charge in [0.1, 0.15) is 10.8 Å². The number of amides is 2. The van der Waals surface area contributed by atoms with Crippen molar-refractivity contribution in [1.82, 2.24) is 15.1 Å². The summed E-state index contributed by atoms with van der Waals surface area (Å²) in [6.45, 7) is 2.77. The van der Waals surface area contributed by atoms with Gasteiger partial charge in [0.2, 0.25) is 16.9 Å². The molecule has 1 N–H and O–H groups in total. The largest absolute Gasteiger partial charge is 0.497 e. The first kappa shape index (κ1) is 21.2. The Balaban J connectivity index is 1.50. The van der Waals surface area contributed by atoms with Crippen LogP contribution in [-0.2, 0) is 27.2 Å². The van der Waals surface area contributed by atoms with Crippen LogP contribution in [0.15, 0.2) is 24.3 Å². The van der Waals surface area contributed by atoms with E-state index in [0.717, 1.165) is 23.6 Å². The van der Waals surface area contributed by atoms with Crippen LogP contribution in [0.1, 0.15) is 23.9 Å². The zero-order valence-electron chi connectivity index (χ0n) is 16.9. The third-order valence-corrected chi connectivity index (χ3v) is 5.85. The molecule has 0 bridgehead atoms. The third-order valence-electron chi connectivity index (χ3n) is 4.95. The maximum atomic E-state index is 12.5. The maximum absolute atomic E-state index is 12.5. The average molecular weight is 419 g/mol. The summed E-state index contributed by atoms with van der Waals surface area (Å²) >= 11 is 1.37. The molecule has 2 amide bonds. The van der Waals surface area contributed by atoms with Gasteiger partial charge < -0.3 is 19.7 Å². The van der Waals surface area contributed by atoms with Crippen molar-refractivity contribution >= 4 is 28.3 Å². The fraction of sp³-hybridized carbons (Fsp3) is 0.500. The molecule has 2 heterocycles. The lowest BCUT2D eigenvalue weighted by Crippen LogP contribution is -2.38. The lowest BCUT2D eigenvalue weighted by molar-refractivity contribution is -0.130. The monoisotopic (exact) mass is 418 g/mol. The summed E-state index contributed by atoms with van der Waals surface area (Å²) < 4.78 is 10.3. The number of nitrogens with one attached hydrogen (secondary N) is 1. The molecule has 2 aromatic rings. The van der Waals surface area contributed by atoms with Crippen LogP contribution in [0.25, 0.3) is 0 Å². The molecule has 0 saturated carbocycles. The molecule has 2 atom stereocenters. The number of aromatic nitrogens is 2. The molecule has 1 saturated heterocycles. The minimum absolute atomic E-state index is 0.0212. The SMILES string of the molecule is COC[C@@H](C)N1C[C@H](C(=O)Nc2nnc(CCc3ccc(OC)cc3)s2)CC1=O. The molecule has 0 radical (unpaired) electrons. The van der Waals surface area contributed by atoms with Crippen molar-refractivity contribution in [1.29, 1.82) is 0 Å². The fourth-order valence-corrected chi connectivity index (χ4v) is 4.06. The van der Waals surface area contributed by atoms with Crippen molar-refractivity contribution < 1.29 is 19.1 Å². The Bertz CT molecular complexity index is 839. The average Bonchev–Trinajstić information content (AvgIpc) is 3.33. The van der Waals surface area contributed by atoms with Crippen LogP contribution in [0.2, 0.25) is 0 Å². The molecule has 0 spiro atoms. The molecule has 1 aliphatic heterocycles. The summed E-state index contributed by atoms with van der Waals surface area (Å²) in [5, 5.41) is 12.4. The Hall–Kier alpha value is -2.52. The smallest absolute Gasteiger partial charge is 0.231 e. The van der Waals surface area contributed by atoms with Crippen molar-refractivity contribution in [2.45, 2.75) is 32.2 Å². The molecule has 1 aromatic carbocycles. The first-order valence-electron chi connectivity index (χ1n) is 9.54. The number of aryl methyl sites for hydroxylation is 2. The van der Waals surface area contributed by atoms with E-state index >= 15 is 0 Å².